The van der Waals surface area contributed by atoms with Gasteiger partial charge in [-0.15, -0.1) is 0 Å². The van der Waals surface area contributed by atoms with Crippen LogP contribution in [-0.4, -0.2) is 41.5 Å². The topological polar surface area (TPSA) is 48.0 Å². The van der Waals surface area contributed by atoms with Crippen molar-refractivity contribution in [2.75, 3.05) is 6.54 Å². The number of piperidine rings is 1. The van der Waals surface area contributed by atoms with Crippen molar-refractivity contribution in [3.05, 3.63) is 64.7 Å². The van der Waals surface area contributed by atoms with Gasteiger partial charge in [-0.1, -0.05) is 48.0 Å². The Morgan fingerprint density at radius 1 is 0.971 bits per heavy atom. The van der Waals surface area contributed by atoms with E-state index in [1.807, 2.05) is 49.9 Å². The Labute approximate surface area is 215 Å². The molecule has 188 valence electrons. The molecule has 0 N–H and O–H groups in total. The van der Waals surface area contributed by atoms with Crippen LogP contribution in [-0.2, 0) is 14.0 Å². The molecular weight excluding hydrogens is 461 g/mol. The van der Waals surface area contributed by atoms with E-state index in [4.69, 9.17) is 25.6 Å². The van der Waals surface area contributed by atoms with Gasteiger partial charge in [0.05, 0.1) is 17.2 Å². The minimum atomic E-state index is -0.540. The smallest absolute Gasteiger partial charge is 0.444 e. The molecular formula is C28H37BClNO4. The maximum Gasteiger partial charge on any atom is 0.494 e. The molecule has 2 aliphatic rings. The number of likely N-dealkylation sites (tertiary alicyclic amines) is 1. The summed E-state index contributed by atoms with van der Waals surface area (Å²) in [5, 5.41) is 0.684. The highest BCUT2D eigenvalue weighted by Gasteiger charge is 2.51. The van der Waals surface area contributed by atoms with E-state index in [2.05, 4.69) is 52.0 Å². The molecule has 0 bridgehead atoms. The first-order valence-electron chi connectivity index (χ1n) is 12.5. The van der Waals surface area contributed by atoms with Crippen LogP contribution in [0.2, 0.25) is 5.02 Å². The number of halogens is 1. The summed E-state index contributed by atoms with van der Waals surface area (Å²) in [6.07, 6.45) is 1.42. The second-order valence-corrected chi connectivity index (χ2v) is 12.2. The first-order chi connectivity index (χ1) is 16.3. The molecule has 2 heterocycles. The molecule has 0 saturated carbocycles. The van der Waals surface area contributed by atoms with Gasteiger partial charge in [0.1, 0.15) is 5.60 Å². The summed E-state index contributed by atoms with van der Waals surface area (Å²) in [6.45, 7) is 14.6. The van der Waals surface area contributed by atoms with Gasteiger partial charge in [0.15, 0.2) is 0 Å². The molecule has 7 heteroatoms. The summed E-state index contributed by atoms with van der Waals surface area (Å²) in [5.41, 5.74) is 2.08. The highest BCUT2D eigenvalue weighted by Crippen LogP contribution is 2.41. The minimum Gasteiger partial charge on any atom is -0.444 e. The Kier molecular flexibility index (Phi) is 7.04. The second-order valence-electron chi connectivity index (χ2n) is 11.7. The van der Waals surface area contributed by atoms with Gasteiger partial charge in [-0.25, -0.2) is 4.79 Å². The largest absolute Gasteiger partial charge is 0.494 e. The molecule has 1 amide bonds. The monoisotopic (exact) mass is 497 g/mol. The van der Waals surface area contributed by atoms with Crippen molar-refractivity contribution >= 4 is 30.3 Å². The van der Waals surface area contributed by atoms with Crippen molar-refractivity contribution in [3.63, 3.8) is 0 Å². The Bertz CT molecular complexity index is 1030. The predicted molar refractivity (Wildman–Crippen MR) is 141 cm³/mol. The Balaban J connectivity index is 1.53. The number of amides is 1. The molecule has 2 aromatic rings. The lowest BCUT2D eigenvalue weighted by molar-refractivity contribution is 0.00578. The van der Waals surface area contributed by atoms with E-state index in [0.29, 0.717) is 17.5 Å². The van der Waals surface area contributed by atoms with Crippen molar-refractivity contribution in [1.82, 2.24) is 4.90 Å². The van der Waals surface area contributed by atoms with Crippen molar-refractivity contribution in [3.8, 4) is 0 Å². The normalized spacial score (nSPS) is 23.9. The molecule has 2 fully saturated rings. The summed E-state index contributed by atoms with van der Waals surface area (Å²) < 4.78 is 18.2. The van der Waals surface area contributed by atoms with E-state index in [-0.39, 0.29) is 30.5 Å². The third-order valence-electron chi connectivity index (χ3n) is 7.42. The summed E-state index contributed by atoms with van der Waals surface area (Å²) in [5.74, 6) is 0.321. The molecule has 0 aromatic heterocycles. The van der Waals surface area contributed by atoms with Gasteiger partial charge in [0.25, 0.3) is 0 Å². The Morgan fingerprint density at radius 3 is 2.06 bits per heavy atom. The molecule has 35 heavy (non-hydrogen) atoms. The number of rotatable bonds is 3. The quantitative estimate of drug-likeness (QED) is 0.454. The van der Waals surface area contributed by atoms with Crippen LogP contribution in [0, 0.1) is 0 Å². The molecule has 4 rings (SSSR count). The van der Waals surface area contributed by atoms with Gasteiger partial charge in [-0.2, -0.15) is 0 Å². The van der Waals surface area contributed by atoms with E-state index in [1.54, 1.807) is 0 Å². The predicted octanol–water partition coefficient (Wildman–Crippen LogP) is 6.50. The SMILES string of the molecule is CC(C)(C)OC(=O)N1CCC(c2ccc(B3OC(C)(C)C(C)(C)O3)cc2)CC1c1ccc(Cl)cc1. The molecule has 2 aromatic carbocycles. The zero-order valence-electron chi connectivity index (χ0n) is 21.9. The van der Waals surface area contributed by atoms with Crippen molar-refractivity contribution in [2.45, 2.75) is 90.1 Å². The van der Waals surface area contributed by atoms with Crippen LogP contribution in [0.3, 0.4) is 0 Å². The Hall–Kier alpha value is -2.02. The zero-order valence-corrected chi connectivity index (χ0v) is 22.7. The summed E-state index contributed by atoms with van der Waals surface area (Å²) in [6, 6.07) is 16.3. The first kappa shape index (κ1) is 26.1. The second kappa shape index (κ2) is 9.46. The highest BCUT2D eigenvalue weighted by molar-refractivity contribution is 6.62. The van der Waals surface area contributed by atoms with Gasteiger partial charge < -0.3 is 18.9 Å². The lowest BCUT2D eigenvalue weighted by atomic mass is 9.77. The van der Waals surface area contributed by atoms with E-state index in [1.165, 1.54) is 5.56 Å². The molecule has 2 aliphatic heterocycles. The average Bonchev–Trinajstić information content (AvgIpc) is 3.00. The molecule has 5 nitrogen and oxygen atoms in total. The number of carbonyl (C=O) groups is 1. The fourth-order valence-corrected chi connectivity index (χ4v) is 4.84. The number of hydrogen-bond acceptors (Lipinski definition) is 4. The van der Waals surface area contributed by atoms with Crippen LogP contribution < -0.4 is 5.46 Å². The molecule has 2 unspecified atom stereocenters. The van der Waals surface area contributed by atoms with Crippen LogP contribution in [0.1, 0.15) is 84.4 Å². The van der Waals surface area contributed by atoms with Gasteiger partial charge in [-0.3, -0.25) is 0 Å². The van der Waals surface area contributed by atoms with Crippen molar-refractivity contribution < 1.29 is 18.8 Å². The van der Waals surface area contributed by atoms with Crippen LogP contribution in [0.15, 0.2) is 48.5 Å². The van der Waals surface area contributed by atoms with E-state index >= 15 is 0 Å². The third-order valence-corrected chi connectivity index (χ3v) is 7.67. The molecule has 2 saturated heterocycles. The molecule has 0 radical (unpaired) electrons. The van der Waals surface area contributed by atoms with E-state index in [9.17, 15) is 4.79 Å². The minimum absolute atomic E-state index is 0.0800. The van der Waals surface area contributed by atoms with Crippen LogP contribution in [0.25, 0.3) is 0 Å². The van der Waals surface area contributed by atoms with Crippen LogP contribution in [0.5, 0.6) is 0 Å². The lowest BCUT2D eigenvalue weighted by Gasteiger charge is -2.40. The maximum absolute atomic E-state index is 13.1. The van der Waals surface area contributed by atoms with Crippen LogP contribution in [0.4, 0.5) is 4.79 Å². The van der Waals surface area contributed by atoms with E-state index < -0.39 is 5.60 Å². The molecule has 0 aliphatic carbocycles. The van der Waals surface area contributed by atoms with Gasteiger partial charge in [0.2, 0.25) is 0 Å². The number of nitrogens with zero attached hydrogens (tertiary/aromatic N) is 1. The zero-order chi connectivity index (χ0) is 25.6. The standard InChI is InChI=1S/C28H37BClNO4/c1-26(2,3)33-25(32)31-17-16-21(18-24(31)20-10-14-23(30)15-11-20)19-8-12-22(13-9-19)29-34-27(4,5)28(6,7)35-29/h8-15,21,24H,16-18H2,1-7H3. The lowest BCUT2D eigenvalue weighted by Crippen LogP contribution is -2.43. The third kappa shape index (κ3) is 5.71. The molecule has 0 spiro atoms. The van der Waals surface area contributed by atoms with Crippen molar-refractivity contribution in [1.29, 1.82) is 0 Å². The van der Waals surface area contributed by atoms with E-state index in [0.717, 1.165) is 23.9 Å². The highest BCUT2D eigenvalue weighted by atomic mass is 35.5. The van der Waals surface area contributed by atoms with Gasteiger partial charge >= 0.3 is 13.2 Å². The fourth-order valence-electron chi connectivity index (χ4n) is 4.71. The van der Waals surface area contributed by atoms with Crippen molar-refractivity contribution in [2.24, 2.45) is 0 Å². The molecule has 2 atom stereocenters. The van der Waals surface area contributed by atoms with Crippen LogP contribution >= 0.6 is 11.6 Å². The Morgan fingerprint density at radius 2 is 1.51 bits per heavy atom. The number of ether oxygens (including phenoxy) is 1. The number of benzene rings is 2. The average molecular weight is 498 g/mol. The number of carbonyl (C=O) groups excluding carboxylic acids is 1. The number of hydrogen-bond donors (Lipinski definition) is 0. The summed E-state index contributed by atoms with van der Waals surface area (Å²) >= 11 is 6.14. The first-order valence-corrected chi connectivity index (χ1v) is 12.8. The maximum atomic E-state index is 13.1. The summed E-state index contributed by atoms with van der Waals surface area (Å²) in [7, 11) is -0.370. The fraction of sp³-hybridized carbons (Fsp3) is 0.536. The van der Waals surface area contributed by atoms with Gasteiger partial charge in [-0.05, 0) is 95.9 Å². The van der Waals surface area contributed by atoms with Gasteiger partial charge in [0, 0.05) is 11.6 Å². The summed E-state index contributed by atoms with van der Waals surface area (Å²) in [4.78, 5) is 14.9.